The molecule has 0 spiro atoms. The fraction of sp³-hybridized carbons (Fsp3) is 0.609. The predicted molar refractivity (Wildman–Crippen MR) is 230 cm³/mol. The fourth-order valence-electron chi connectivity index (χ4n) is 5.17. The van der Waals surface area contributed by atoms with Gasteiger partial charge in [-0.1, -0.05) is 150 Å². The zero-order valence-electron chi connectivity index (χ0n) is 34.5. The van der Waals surface area contributed by atoms with Gasteiger partial charge >= 0.3 is 19.8 Å². The molecule has 0 heterocycles. The van der Waals surface area contributed by atoms with E-state index in [2.05, 4.69) is 116 Å². The zero-order chi connectivity index (χ0) is 40.3. The summed E-state index contributed by atoms with van der Waals surface area (Å²) < 4.78 is 31.9. The van der Waals surface area contributed by atoms with Crippen LogP contribution >= 0.6 is 7.82 Å². The number of hydrogen-bond donors (Lipinski definition) is 1. The molecular formula is C46H75O8P. The number of ether oxygens (including phenoxy) is 2. The lowest BCUT2D eigenvalue weighted by atomic mass is 10.1. The highest BCUT2D eigenvalue weighted by molar-refractivity contribution is 7.47. The van der Waals surface area contributed by atoms with Gasteiger partial charge in [-0.15, -0.1) is 0 Å². The van der Waals surface area contributed by atoms with Crippen molar-refractivity contribution in [3.8, 4) is 0 Å². The van der Waals surface area contributed by atoms with Crippen molar-refractivity contribution in [3.05, 3.63) is 97.2 Å². The van der Waals surface area contributed by atoms with Crippen molar-refractivity contribution >= 4 is 19.8 Å². The van der Waals surface area contributed by atoms with Gasteiger partial charge in [-0.25, -0.2) is 4.57 Å². The van der Waals surface area contributed by atoms with E-state index in [0.29, 0.717) is 12.8 Å². The molecule has 55 heavy (non-hydrogen) atoms. The van der Waals surface area contributed by atoms with Crippen molar-refractivity contribution in [1.82, 2.24) is 0 Å². The van der Waals surface area contributed by atoms with Gasteiger partial charge in [-0.3, -0.25) is 18.6 Å². The Labute approximate surface area is 335 Å². The number of esters is 2. The molecular weight excluding hydrogens is 711 g/mol. The molecule has 0 aliphatic heterocycles. The van der Waals surface area contributed by atoms with Gasteiger partial charge in [0.05, 0.1) is 6.61 Å². The van der Waals surface area contributed by atoms with E-state index in [0.717, 1.165) is 123 Å². The molecule has 1 N–H and O–H groups in total. The molecule has 8 nitrogen and oxygen atoms in total. The smallest absolute Gasteiger partial charge is 0.462 e. The molecule has 0 bridgehead atoms. The first-order valence-electron chi connectivity index (χ1n) is 20.9. The quantitative estimate of drug-likeness (QED) is 0.0287. The average molecular weight is 787 g/mol. The minimum Gasteiger partial charge on any atom is -0.462 e. The van der Waals surface area contributed by atoms with Crippen LogP contribution in [-0.4, -0.2) is 43.3 Å². The van der Waals surface area contributed by atoms with Crippen LogP contribution in [-0.2, 0) is 32.7 Å². The Hall–Kier alpha value is -3.03. The summed E-state index contributed by atoms with van der Waals surface area (Å²) in [6.07, 6.45) is 54.5. The Kier molecular flexibility index (Phi) is 38.4. The van der Waals surface area contributed by atoms with Gasteiger partial charge in [0.1, 0.15) is 6.61 Å². The molecule has 0 radical (unpaired) electrons. The number of hydrogen-bond acceptors (Lipinski definition) is 7. The normalized spacial score (nSPS) is 14.3. The van der Waals surface area contributed by atoms with E-state index in [1.165, 1.54) is 0 Å². The monoisotopic (exact) mass is 787 g/mol. The van der Waals surface area contributed by atoms with E-state index < -0.39 is 32.5 Å². The zero-order valence-corrected chi connectivity index (χ0v) is 35.4. The third kappa shape index (κ3) is 40.5. The Balaban J connectivity index is 4.11. The van der Waals surface area contributed by atoms with Gasteiger partial charge in [-0.05, 0) is 89.9 Å². The summed E-state index contributed by atoms with van der Waals surface area (Å²) in [6, 6.07) is 0. The van der Waals surface area contributed by atoms with Crippen LogP contribution < -0.4 is 0 Å². The molecule has 0 aliphatic carbocycles. The lowest BCUT2D eigenvalue weighted by Crippen LogP contribution is -2.29. The van der Waals surface area contributed by atoms with Crippen LogP contribution in [0.15, 0.2) is 97.2 Å². The minimum absolute atomic E-state index is 0.217. The Bertz CT molecular complexity index is 1210. The molecule has 0 rings (SSSR count). The number of carbonyl (C=O) groups is 2. The van der Waals surface area contributed by atoms with E-state index in [1.807, 2.05) is 0 Å². The molecule has 312 valence electrons. The molecule has 2 atom stereocenters. The molecule has 9 heteroatoms. The predicted octanol–water partition coefficient (Wildman–Crippen LogP) is 13.3. The van der Waals surface area contributed by atoms with Crippen LogP contribution in [0, 0.1) is 0 Å². The van der Waals surface area contributed by atoms with Crippen molar-refractivity contribution < 1.29 is 37.6 Å². The summed E-state index contributed by atoms with van der Waals surface area (Å²) in [5.41, 5.74) is 0. The summed E-state index contributed by atoms with van der Waals surface area (Å²) in [4.78, 5) is 34.5. The number of phosphoric acid groups is 1. The van der Waals surface area contributed by atoms with E-state index in [4.69, 9.17) is 14.0 Å². The summed E-state index contributed by atoms with van der Waals surface area (Å²) in [7, 11) is -3.23. The van der Waals surface area contributed by atoms with Gasteiger partial charge < -0.3 is 14.4 Å². The third-order valence-electron chi connectivity index (χ3n) is 8.32. The molecule has 0 saturated heterocycles. The van der Waals surface area contributed by atoms with Gasteiger partial charge in [0.15, 0.2) is 6.10 Å². The van der Waals surface area contributed by atoms with Crippen molar-refractivity contribution in [2.24, 2.45) is 0 Å². The number of carbonyl (C=O) groups excluding carboxylic acids is 2. The summed E-state index contributed by atoms with van der Waals surface area (Å²) in [5.74, 6) is -0.858. The van der Waals surface area contributed by atoms with Crippen molar-refractivity contribution in [2.45, 2.75) is 161 Å². The SMILES string of the molecule is CC/C=C\C/C=C\C/C=C\C/C=C\CCCCCCCCC(=O)OC(COC(=O)CCCCCC/C=C\C/C=C\C/C=C\C/C=C\CC)COP(=O)(O)OC. The van der Waals surface area contributed by atoms with Crippen molar-refractivity contribution in [1.29, 1.82) is 0 Å². The number of allylic oxidation sites excluding steroid dienone is 16. The maximum atomic E-state index is 12.5. The molecule has 0 aromatic heterocycles. The summed E-state index contributed by atoms with van der Waals surface area (Å²) in [6.45, 7) is 3.61. The highest BCUT2D eigenvalue weighted by atomic mass is 31.2. The molecule has 0 amide bonds. The maximum Gasteiger partial charge on any atom is 0.472 e. The Morgan fingerprint density at radius 2 is 0.873 bits per heavy atom. The van der Waals surface area contributed by atoms with Crippen LogP contribution in [0.25, 0.3) is 0 Å². The lowest BCUT2D eigenvalue weighted by Gasteiger charge is -2.19. The molecule has 0 aromatic carbocycles. The molecule has 0 saturated carbocycles. The largest absolute Gasteiger partial charge is 0.472 e. The number of unbranched alkanes of at least 4 members (excludes halogenated alkanes) is 10. The second-order valence-corrected chi connectivity index (χ2v) is 14.9. The van der Waals surface area contributed by atoms with Crippen LogP contribution in [0.5, 0.6) is 0 Å². The average Bonchev–Trinajstić information content (AvgIpc) is 3.18. The Morgan fingerprint density at radius 1 is 0.509 bits per heavy atom. The Morgan fingerprint density at radius 3 is 1.29 bits per heavy atom. The van der Waals surface area contributed by atoms with E-state index in [9.17, 15) is 19.0 Å². The molecule has 2 unspecified atom stereocenters. The molecule has 0 aromatic rings. The fourth-order valence-corrected chi connectivity index (χ4v) is 5.63. The number of phosphoric ester groups is 1. The highest BCUT2D eigenvalue weighted by Gasteiger charge is 2.24. The third-order valence-corrected chi connectivity index (χ3v) is 9.26. The van der Waals surface area contributed by atoms with Crippen molar-refractivity contribution in [3.63, 3.8) is 0 Å². The second-order valence-electron chi connectivity index (χ2n) is 13.4. The first-order chi connectivity index (χ1) is 26.8. The van der Waals surface area contributed by atoms with Gasteiger partial charge in [0.25, 0.3) is 0 Å². The van der Waals surface area contributed by atoms with E-state index in [1.54, 1.807) is 0 Å². The lowest BCUT2D eigenvalue weighted by molar-refractivity contribution is -0.161. The maximum absolute atomic E-state index is 12.5. The minimum atomic E-state index is -4.28. The van der Waals surface area contributed by atoms with Crippen LogP contribution in [0.1, 0.15) is 155 Å². The van der Waals surface area contributed by atoms with Crippen LogP contribution in [0.4, 0.5) is 0 Å². The summed E-state index contributed by atoms with van der Waals surface area (Å²) >= 11 is 0. The van der Waals surface area contributed by atoms with Gasteiger partial charge in [0, 0.05) is 20.0 Å². The first kappa shape index (κ1) is 52.0. The first-order valence-corrected chi connectivity index (χ1v) is 22.4. The molecule has 0 aliphatic rings. The van der Waals surface area contributed by atoms with Crippen molar-refractivity contribution in [2.75, 3.05) is 20.3 Å². The van der Waals surface area contributed by atoms with Crippen LogP contribution in [0.3, 0.4) is 0 Å². The van der Waals surface area contributed by atoms with E-state index >= 15 is 0 Å². The molecule has 0 fully saturated rings. The standard InChI is InChI=1S/C46H75O8P/c1-4-6-8-10-12-14-16-18-20-22-23-25-27-29-31-33-35-37-39-41-46(48)54-44(43-53-55(49,50)51-3)42-52-45(47)40-38-36-34-32-30-28-26-24-21-19-17-15-13-11-9-7-5-2/h6-9,12-15,18-21,23,25-26,28,44H,4-5,10-11,16-17,22,24,27,29-43H2,1-3H3,(H,49,50)/b8-6-,9-7-,14-12-,15-13-,20-18-,21-19-,25-23-,28-26-. The van der Waals surface area contributed by atoms with Gasteiger partial charge in [0.2, 0.25) is 0 Å². The van der Waals surface area contributed by atoms with Gasteiger partial charge in [-0.2, -0.15) is 0 Å². The van der Waals surface area contributed by atoms with Crippen LogP contribution in [0.2, 0.25) is 0 Å². The second kappa shape index (κ2) is 40.6. The number of rotatable bonds is 37. The topological polar surface area (TPSA) is 108 Å². The van der Waals surface area contributed by atoms with E-state index in [-0.39, 0.29) is 19.4 Å². The summed E-state index contributed by atoms with van der Waals surface area (Å²) in [5, 5.41) is 0. The highest BCUT2D eigenvalue weighted by Crippen LogP contribution is 2.42.